The average molecular weight is 368 g/mol. The summed E-state index contributed by atoms with van der Waals surface area (Å²) in [6.07, 6.45) is 6.23. The smallest absolute Gasteiger partial charge is 0.324 e. The van der Waals surface area contributed by atoms with Gasteiger partial charge in [-0.25, -0.2) is 9.78 Å². The van der Waals surface area contributed by atoms with Gasteiger partial charge < -0.3 is 15.8 Å². The van der Waals surface area contributed by atoms with E-state index in [1.807, 2.05) is 18.2 Å². The Morgan fingerprint density at radius 2 is 2.22 bits per heavy atom. The van der Waals surface area contributed by atoms with Crippen LogP contribution in [0.3, 0.4) is 0 Å². The fourth-order valence-corrected chi connectivity index (χ4v) is 2.82. The number of likely N-dealkylation sites (tertiary alicyclic amines) is 1. The lowest BCUT2D eigenvalue weighted by Gasteiger charge is -2.38. The molecule has 8 nitrogen and oxygen atoms in total. The number of ether oxygens (including phenoxy) is 1. The molecule has 27 heavy (non-hydrogen) atoms. The van der Waals surface area contributed by atoms with Crippen LogP contribution < -0.4 is 21.1 Å². The number of urea groups is 1. The zero-order chi connectivity index (χ0) is 19.1. The summed E-state index contributed by atoms with van der Waals surface area (Å²) in [6.45, 7) is 7.88. The molecule has 0 radical (unpaired) electrons. The second kappa shape index (κ2) is 9.11. The Kier molecular flexibility index (Phi) is 6.35. The third kappa shape index (κ3) is 5.25. The lowest BCUT2D eigenvalue weighted by molar-refractivity contribution is 0.0876. The maximum Gasteiger partial charge on any atom is 0.324 e. The summed E-state index contributed by atoms with van der Waals surface area (Å²) in [6, 6.07) is 5.11. The number of hydrogen-bond acceptors (Lipinski definition) is 6. The van der Waals surface area contributed by atoms with Crippen molar-refractivity contribution in [1.82, 2.24) is 14.9 Å². The van der Waals surface area contributed by atoms with Crippen molar-refractivity contribution in [3.8, 4) is 5.75 Å². The first-order valence-electron chi connectivity index (χ1n) is 8.83. The Hall–Kier alpha value is -2.97. The summed E-state index contributed by atoms with van der Waals surface area (Å²) in [5.41, 5.74) is 7.09. The molecular weight excluding hydrogens is 344 g/mol. The highest BCUT2D eigenvalue weighted by Gasteiger charge is 2.24. The van der Waals surface area contributed by atoms with E-state index < -0.39 is 6.03 Å². The van der Waals surface area contributed by atoms with Crippen molar-refractivity contribution >= 4 is 23.6 Å². The van der Waals surface area contributed by atoms with Crippen LogP contribution in [0.15, 0.2) is 43.4 Å². The normalized spacial score (nSPS) is 14.3. The van der Waals surface area contributed by atoms with Crippen LogP contribution in [0.2, 0.25) is 0 Å². The number of hydrogen-bond donors (Lipinski definition) is 3. The summed E-state index contributed by atoms with van der Waals surface area (Å²) in [7, 11) is 0. The van der Waals surface area contributed by atoms with Gasteiger partial charge in [0.15, 0.2) is 5.82 Å². The van der Waals surface area contributed by atoms with Gasteiger partial charge in [0.2, 0.25) is 0 Å². The maximum atomic E-state index is 12.2. The molecule has 0 aliphatic carbocycles. The summed E-state index contributed by atoms with van der Waals surface area (Å²) in [5, 5.41) is 5.43. The zero-order valence-electron chi connectivity index (χ0n) is 15.1. The Balaban J connectivity index is 1.58. The van der Waals surface area contributed by atoms with E-state index in [-0.39, 0.29) is 0 Å². The van der Waals surface area contributed by atoms with Gasteiger partial charge in [-0.3, -0.25) is 15.2 Å². The van der Waals surface area contributed by atoms with E-state index in [1.165, 1.54) is 18.6 Å². The van der Waals surface area contributed by atoms with Crippen LogP contribution in [0.4, 0.5) is 16.3 Å². The summed E-state index contributed by atoms with van der Waals surface area (Å²) in [5.74, 6) is 1.56. The quantitative estimate of drug-likeness (QED) is 0.658. The van der Waals surface area contributed by atoms with Crippen molar-refractivity contribution in [3.05, 3.63) is 48.9 Å². The van der Waals surface area contributed by atoms with Crippen LogP contribution in [0.25, 0.3) is 6.08 Å². The molecule has 2 heterocycles. The Bertz CT molecular complexity index is 777. The number of nitrogens with two attached hydrogens (primary N) is 1. The van der Waals surface area contributed by atoms with Crippen LogP contribution >= 0.6 is 0 Å². The van der Waals surface area contributed by atoms with Crippen LogP contribution in [-0.4, -0.2) is 53.7 Å². The first-order valence-corrected chi connectivity index (χ1v) is 8.83. The molecule has 1 aromatic carbocycles. The van der Waals surface area contributed by atoms with Gasteiger partial charge >= 0.3 is 6.03 Å². The second-order valence-electron chi connectivity index (χ2n) is 6.34. The molecule has 3 rings (SSSR count). The fraction of sp³-hybridized carbons (Fsp3) is 0.316. The number of carbonyl (C=O) groups is 1. The number of nitrogens with one attached hydrogen (secondary N) is 2. The number of anilines is 2. The fourth-order valence-electron chi connectivity index (χ4n) is 2.82. The molecule has 0 atom stereocenters. The van der Waals surface area contributed by atoms with Gasteiger partial charge in [-0.1, -0.05) is 18.7 Å². The highest BCUT2D eigenvalue weighted by atomic mass is 16.5. The highest BCUT2D eigenvalue weighted by molar-refractivity contribution is 6.00. The third-order valence-corrected chi connectivity index (χ3v) is 4.32. The lowest BCUT2D eigenvalue weighted by Crippen LogP contribution is -2.50. The molecule has 142 valence electrons. The summed E-state index contributed by atoms with van der Waals surface area (Å²) < 4.78 is 5.89. The molecule has 8 heteroatoms. The predicted molar refractivity (Wildman–Crippen MR) is 106 cm³/mol. The van der Waals surface area contributed by atoms with E-state index in [0.29, 0.717) is 29.8 Å². The predicted octanol–water partition coefficient (Wildman–Crippen LogP) is 2.03. The number of benzene rings is 1. The molecule has 2 aromatic rings. The van der Waals surface area contributed by atoms with Gasteiger partial charge in [0.1, 0.15) is 12.4 Å². The second-order valence-corrected chi connectivity index (χ2v) is 6.34. The van der Waals surface area contributed by atoms with Crippen molar-refractivity contribution in [1.29, 1.82) is 0 Å². The van der Waals surface area contributed by atoms with Crippen molar-refractivity contribution in [2.45, 2.75) is 0 Å². The average Bonchev–Trinajstić information content (AvgIpc) is 2.65. The third-order valence-electron chi connectivity index (χ3n) is 4.32. The Morgan fingerprint density at radius 3 is 2.93 bits per heavy atom. The van der Waals surface area contributed by atoms with Gasteiger partial charge in [-0.15, -0.1) is 0 Å². The molecule has 1 aliphatic heterocycles. The van der Waals surface area contributed by atoms with E-state index in [4.69, 9.17) is 10.5 Å². The summed E-state index contributed by atoms with van der Waals surface area (Å²) >= 11 is 0. The number of amides is 2. The molecule has 2 amide bonds. The van der Waals surface area contributed by atoms with Crippen molar-refractivity contribution in [2.24, 2.45) is 11.7 Å². The monoisotopic (exact) mass is 368 g/mol. The minimum atomic E-state index is -0.421. The highest BCUT2D eigenvalue weighted by Crippen LogP contribution is 2.27. The van der Waals surface area contributed by atoms with E-state index >= 15 is 0 Å². The van der Waals surface area contributed by atoms with E-state index in [1.54, 1.807) is 6.08 Å². The molecule has 4 N–H and O–H groups in total. The van der Waals surface area contributed by atoms with E-state index in [0.717, 1.165) is 31.7 Å². The van der Waals surface area contributed by atoms with Crippen molar-refractivity contribution in [2.75, 3.05) is 43.4 Å². The van der Waals surface area contributed by atoms with E-state index in [2.05, 4.69) is 32.1 Å². The minimum absolute atomic E-state index is 0.365. The van der Waals surface area contributed by atoms with Gasteiger partial charge in [0.25, 0.3) is 0 Å². The molecule has 0 bridgehead atoms. The van der Waals surface area contributed by atoms with Crippen LogP contribution in [0, 0.1) is 5.92 Å². The van der Waals surface area contributed by atoms with Gasteiger partial charge in [-0.05, 0) is 30.2 Å². The molecule has 0 unspecified atom stereocenters. The minimum Gasteiger partial charge on any atom is -0.490 e. The maximum absolute atomic E-state index is 12.2. The topological polar surface area (TPSA) is 105 Å². The van der Waals surface area contributed by atoms with Gasteiger partial charge in [0, 0.05) is 32.0 Å². The Morgan fingerprint density at radius 1 is 1.37 bits per heavy atom. The number of carbonyl (C=O) groups excluding carboxylic acids is 1. The standard InChI is InChI=1S/C19H24N6O2/c1-2-14-3-4-17(27-8-7-25-12-15(10-20)13-25)16(9-14)23-19(26)24-18-11-21-5-6-22-18/h2-6,9,11,15H,1,7-8,10,12-13,20H2,(H2,22,23,24,26). The van der Waals surface area contributed by atoms with E-state index in [9.17, 15) is 4.79 Å². The number of aromatic nitrogens is 2. The van der Waals surface area contributed by atoms with Crippen LogP contribution in [0.5, 0.6) is 5.75 Å². The molecule has 1 fully saturated rings. The lowest BCUT2D eigenvalue weighted by atomic mass is 10.0. The molecule has 0 saturated carbocycles. The van der Waals surface area contributed by atoms with Crippen molar-refractivity contribution in [3.63, 3.8) is 0 Å². The molecule has 1 saturated heterocycles. The van der Waals surface area contributed by atoms with Crippen LogP contribution in [0.1, 0.15) is 5.56 Å². The van der Waals surface area contributed by atoms with Crippen LogP contribution in [-0.2, 0) is 0 Å². The molecule has 1 aromatic heterocycles. The number of nitrogens with zero attached hydrogens (tertiary/aromatic N) is 3. The molecular formula is C19H24N6O2. The first kappa shape index (κ1) is 18.8. The summed E-state index contributed by atoms with van der Waals surface area (Å²) in [4.78, 5) is 22.5. The SMILES string of the molecule is C=Cc1ccc(OCCN2CC(CN)C2)c(NC(=O)Nc2cnccn2)c1. The zero-order valence-corrected chi connectivity index (χ0v) is 15.1. The van der Waals surface area contributed by atoms with Gasteiger partial charge in [0.05, 0.1) is 11.9 Å². The largest absolute Gasteiger partial charge is 0.490 e. The molecule has 0 spiro atoms. The van der Waals surface area contributed by atoms with Crippen molar-refractivity contribution < 1.29 is 9.53 Å². The first-order chi connectivity index (χ1) is 13.2. The Labute approximate surface area is 158 Å². The van der Waals surface area contributed by atoms with Gasteiger partial charge in [-0.2, -0.15) is 0 Å². The number of rotatable bonds is 8. The molecule has 1 aliphatic rings.